The molecule has 0 N–H and O–H groups in total. The highest BCUT2D eigenvalue weighted by Crippen LogP contribution is 2.20. The highest BCUT2D eigenvalue weighted by atomic mass is 79.9. The van der Waals surface area contributed by atoms with Crippen LogP contribution >= 0.6 is 15.9 Å². The van der Waals surface area contributed by atoms with Crippen molar-refractivity contribution >= 4 is 21.7 Å². The van der Waals surface area contributed by atoms with Crippen molar-refractivity contribution in [2.45, 2.75) is 19.9 Å². The van der Waals surface area contributed by atoms with Crippen LogP contribution in [0.1, 0.15) is 30.4 Å². The van der Waals surface area contributed by atoms with E-state index in [2.05, 4.69) is 21.0 Å². The summed E-state index contributed by atoms with van der Waals surface area (Å²) >= 11 is 3.35. The van der Waals surface area contributed by atoms with E-state index in [1.807, 2.05) is 32.8 Å². The fourth-order valence-electron chi connectivity index (χ4n) is 1.36. The Kier molecular flexibility index (Phi) is 4.04. The number of hydrogen-bond acceptors (Lipinski definition) is 3. The third-order valence-corrected chi connectivity index (χ3v) is 2.54. The van der Waals surface area contributed by atoms with Gasteiger partial charge in [0.2, 0.25) is 0 Å². The zero-order chi connectivity index (χ0) is 11.6. The second-order valence-electron chi connectivity index (χ2n) is 4.04. The van der Waals surface area contributed by atoms with Gasteiger partial charge in [0.1, 0.15) is 5.69 Å². The molecule has 5 heteroatoms. The third-order valence-electron chi connectivity index (χ3n) is 1.96. The molecule has 0 bridgehead atoms. The van der Waals surface area contributed by atoms with Gasteiger partial charge < -0.3 is 4.90 Å². The maximum absolute atomic E-state index is 11.9. The summed E-state index contributed by atoms with van der Waals surface area (Å²) in [5, 5.41) is 4.17. The van der Waals surface area contributed by atoms with Gasteiger partial charge >= 0.3 is 0 Å². The third kappa shape index (κ3) is 2.89. The summed E-state index contributed by atoms with van der Waals surface area (Å²) in [6, 6.07) is 0.192. The lowest BCUT2D eigenvalue weighted by Gasteiger charge is -2.13. The SMILES string of the molecule is CC(C)n1ncc(Br)c1C(=O)CN(C)C. The van der Waals surface area contributed by atoms with E-state index in [1.165, 1.54) is 0 Å². The van der Waals surface area contributed by atoms with Gasteiger partial charge in [0.05, 0.1) is 17.2 Å². The van der Waals surface area contributed by atoms with Gasteiger partial charge in [0, 0.05) is 6.04 Å². The molecule has 1 aromatic rings. The molecule has 1 heterocycles. The Morgan fingerprint density at radius 3 is 2.67 bits per heavy atom. The fourth-order valence-corrected chi connectivity index (χ4v) is 1.85. The molecule has 0 aliphatic heterocycles. The molecule has 0 fully saturated rings. The summed E-state index contributed by atoms with van der Waals surface area (Å²) in [7, 11) is 3.75. The van der Waals surface area contributed by atoms with E-state index in [4.69, 9.17) is 0 Å². The highest BCUT2D eigenvalue weighted by molar-refractivity contribution is 9.10. The summed E-state index contributed by atoms with van der Waals surface area (Å²) in [4.78, 5) is 13.8. The molecule has 0 unspecified atom stereocenters. The Morgan fingerprint density at radius 1 is 1.60 bits per heavy atom. The number of Topliss-reactive ketones (excluding diaryl/α,β-unsaturated/α-hetero) is 1. The van der Waals surface area contributed by atoms with Crippen LogP contribution in [0.4, 0.5) is 0 Å². The van der Waals surface area contributed by atoms with E-state index in [-0.39, 0.29) is 11.8 Å². The first-order chi connectivity index (χ1) is 6.93. The first-order valence-electron chi connectivity index (χ1n) is 4.84. The summed E-state index contributed by atoms with van der Waals surface area (Å²) in [5.41, 5.74) is 0.652. The Balaban J connectivity index is 3.01. The number of aromatic nitrogens is 2. The quantitative estimate of drug-likeness (QED) is 0.788. The van der Waals surface area contributed by atoms with Crippen molar-refractivity contribution in [3.8, 4) is 0 Å². The lowest BCUT2D eigenvalue weighted by molar-refractivity contribution is 0.0944. The molecular formula is C10H16BrN3O. The smallest absolute Gasteiger partial charge is 0.195 e. The van der Waals surface area contributed by atoms with Gasteiger partial charge in [-0.1, -0.05) is 0 Å². The van der Waals surface area contributed by atoms with Crippen LogP contribution in [0.15, 0.2) is 10.7 Å². The Bertz CT molecular complexity index is 358. The average molecular weight is 274 g/mol. The molecule has 1 aromatic heterocycles. The van der Waals surface area contributed by atoms with E-state index in [1.54, 1.807) is 10.9 Å². The predicted octanol–water partition coefficient (Wildman–Crippen LogP) is 1.97. The molecule has 0 aliphatic rings. The van der Waals surface area contributed by atoms with E-state index >= 15 is 0 Å². The summed E-state index contributed by atoms with van der Waals surface area (Å²) in [6.45, 7) is 4.41. The van der Waals surface area contributed by atoms with Crippen LogP contribution in [0.2, 0.25) is 0 Å². The van der Waals surface area contributed by atoms with Gasteiger partial charge in [-0.15, -0.1) is 0 Å². The topological polar surface area (TPSA) is 38.1 Å². The monoisotopic (exact) mass is 273 g/mol. The van der Waals surface area contributed by atoms with Gasteiger partial charge in [-0.25, -0.2) is 0 Å². The molecule has 0 radical (unpaired) electrons. The van der Waals surface area contributed by atoms with E-state index < -0.39 is 0 Å². The average Bonchev–Trinajstić information content (AvgIpc) is 2.45. The molecule has 0 saturated heterocycles. The van der Waals surface area contributed by atoms with Gasteiger partial charge in [0.15, 0.2) is 5.78 Å². The second-order valence-corrected chi connectivity index (χ2v) is 4.89. The van der Waals surface area contributed by atoms with Crippen LogP contribution in [-0.2, 0) is 0 Å². The minimum atomic E-state index is 0.0816. The van der Waals surface area contributed by atoms with Crippen LogP contribution < -0.4 is 0 Å². The van der Waals surface area contributed by atoms with Gasteiger partial charge in [0.25, 0.3) is 0 Å². The van der Waals surface area contributed by atoms with Crippen molar-refractivity contribution in [3.05, 3.63) is 16.4 Å². The van der Waals surface area contributed by atoms with Crippen LogP contribution in [0.3, 0.4) is 0 Å². The number of rotatable bonds is 4. The lowest BCUT2D eigenvalue weighted by atomic mass is 10.2. The zero-order valence-electron chi connectivity index (χ0n) is 9.49. The molecule has 0 amide bonds. The number of hydrogen-bond donors (Lipinski definition) is 0. The normalized spacial score (nSPS) is 11.4. The van der Waals surface area contributed by atoms with Crippen molar-refractivity contribution in [1.82, 2.24) is 14.7 Å². The van der Waals surface area contributed by atoms with E-state index in [0.29, 0.717) is 12.2 Å². The number of halogens is 1. The maximum atomic E-state index is 11.9. The molecule has 0 spiro atoms. The Labute approximate surface area is 98.4 Å². The molecule has 84 valence electrons. The van der Waals surface area contributed by atoms with Gasteiger partial charge in [-0.05, 0) is 43.9 Å². The van der Waals surface area contributed by atoms with Crippen molar-refractivity contribution in [1.29, 1.82) is 0 Å². The van der Waals surface area contributed by atoms with Crippen LogP contribution in [0.25, 0.3) is 0 Å². The predicted molar refractivity (Wildman–Crippen MR) is 63.2 cm³/mol. The van der Waals surface area contributed by atoms with Crippen molar-refractivity contribution in [3.63, 3.8) is 0 Å². The number of likely N-dealkylation sites (N-methyl/N-ethyl adjacent to an activating group) is 1. The van der Waals surface area contributed by atoms with Gasteiger partial charge in [-0.3, -0.25) is 9.48 Å². The van der Waals surface area contributed by atoms with Crippen molar-refractivity contribution in [2.24, 2.45) is 0 Å². The number of nitrogens with zero attached hydrogens (tertiary/aromatic N) is 3. The first-order valence-corrected chi connectivity index (χ1v) is 5.63. The molecule has 4 nitrogen and oxygen atoms in total. The number of carbonyl (C=O) groups is 1. The maximum Gasteiger partial charge on any atom is 0.195 e. The molecule has 0 atom stereocenters. The zero-order valence-corrected chi connectivity index (χ0v) is 11.1. The molecule has 0 saturated carbocycles. The van der Waals surface area contributed by atoms with Crippen molar-refractivity contribution < 1.29 is 4.79 Å². The fraction of sp³-hybridized carbons (Fsp3) is 0.600. The summed E-state index contributed by atoms with van der Waals surface area (Å²) in [5.74, 6) is 0.0816. The van der Waals surface area contributed by atoms with Crippen LogP contribution in [-0.4, -0.2) is 41.1 Å². The largest absolute Gasteiger partial charge is 0.302 e. The molecular weight excluding hydrogens is 258 g/mol. The molecule has 0 aromatic carbocycles. The molecule has 15 heavy (non-hydrogen) atoms. The first kappa shape index (κ1) is 12.4. The lowest BCUT2D eigenvalue weighted by Crippen LogP contribution is -2.24. The Morgan fingerprint density at radius 2 is 2.20 bits per heavy atom. The van der Waals surface area contributed by atoms with Crippen LogP contribution in [0, 0.1) is 0 Å². The minimum Gasteiger partial charge on any atom is -0.302 e. The van der Waals surface area contributed by atoms with Crippen molar-refractivity contribution in [2.75, 3.05) is 20.6 Å². The van der Waals surface area contributed by atoms with E-state index in [0.717, 1.165) is 4.47 Å². The molecule has 0 aliphatic carbocycles. The highest BCUT2D eigenvalue weighted by Gasteiger charge is 2.18. The van der Waals surface area contributed by atoms with Gasteiger partial charge in [-0.2, -0.15) is 5.10 Å². The second kappa shape index (κ2) is 4.90. The van der Waals surface area contributed by atoms with E-state index in [9.17, 15) is 4.79 Å². The molecule has 1 rings (SSSR count). The Hall–Kier alpha value is -0.680. The standard InChI is InChI=1S/C10H16BrN3O/c1-7(2)14-10(8(11)5-12-14)9(15)6-13(3)4/h5,7H,6H2,1-4H3. The summed E-state index contributed by atoms with van der Waals surface area (Å²) in [6.07, 6.45) is 1.67. The number of ketones is 1. The van der Waals surface area contributed by atoms with Crippen LogP contribution in [0.5, 0.6) is 0 Å². The summed E-state index contributed by atoms with van der Waals surface area (Å²) < 4.78 is 2.51. The number of carbonyl (C=O) groups excluding carboxylic acids is 1. The minimum absolute atomic E-state index is 0.0816.